The number of carbonyl (C=O) groups is 2. The van der Waals surface area contributed by atoms with Crippen LogP contribution in [0.3, 0.4) is 0 Å². The van der Waals surface area contributed by atoms with E-state index in [4.69, 9.17) is 13.9 Å². The maximum Gasteiger partial charge on any atom is 0.348 e. The highest BCUT2D eigenvalue weighted by Gasteiger charge is 2.45. The van der Waals surface area contributed by atoms with Gasteiger partial charge in [0.1, 0.15) is 0 Å². The van der Waals surface area contributed by atoms with E-state index in [1.165, 1.54) is 20.3 Å². The minimum Gasteiger partial charge on any atom is -0.467 e. The van der Waals surface area contributed by atoms with Crippen LogP contribution in [0, 0.1) is 0 Å². The Bertz CT molecular complexity index is 868. The van der Waals surface area contributed by atoms with Crippen LogP contribution in [0.4, 0.5) is 5.88 Å². The lowest BCUT2D eigenvalue weighted by Gasteiger charge is -2.25. The van der Waals surface area contributed by atoms with Crippen molar-refractivity contribution in [2.24, 2.45) is 0 Å². The van der Waals surface area contributed by atoms with Crippen LogP contribution in [0.2, 0.25) is 0 Å². The van der Waals surface area contributed by atoms with Crippen LogP contribution in [-0.4, -0.2) is 29.6 Å². The summed E-state index contributed by atoms with van der Waals surface area (Å²) in [5.74, 6) is -1.02. The summed E-state index contributed by atoms with van der Waals surface area (Å²) in [7, 11) is 1.20. The summed E-state index contributed by atoms with van der Waals surface area (Å²) in [6.45, 7) is 1.37. The number of H-pyrrole nitrogens is 1. The van der Waals surface area contributed by atoms with E-state index in [2.05, 4.69) is 10.3 Å². The number of furan rings is 1. The van der Waals surface area contributed by atoms with Crippen molar-refractivity contribution in [2.45, 2.75) is 12.5 Å². The van der Waals surface area contributed by atoms with E-state index in [0.29, 0.717) is 5.75 Å². The van der Waals surface area contributed by atoms with E-state index < -0.39 is 17.5 Å². The van der Waals surface area contributed by atoms with Crippen molar-refractivity contribution in [1.82, 2.24) is 4.98 Å². The number of rotatable bonds is 5. The Morgan fingerprint density at radius 2 is 1.96 bits per heavy atom. The van der Waals surface area contributed by atoms with Gasteiger partial charge in [0, 0.05) is 23.2 Å². The third-order valence-corrected chi connectivity index (χ3v) is 3.65. The zero-order valence-corrected chi connectivity index (χ0v) is 13.2. The number of nitrogens with one attached hydrogen (secondary N) is 2. The minimum absolute atomic E-state index is 0.249. The third kappa shape index (κ3) is 2.71. The first-order valence-electron chi connectivity index (χ1n) is 7.23. The summed E-state index contributed by atoms with van der Waals surface area (Å²) in [6, 6.07) is 10.6. The number of fused-ring (bicyclic) bond motifs is 1. The molecule has 2 heterocycles. The molecule has 0 spiro atoms. The van der Waals surface area contributed by atoms with Crippen molar-refractivity contribution in [2.75, 3.05) is 12.4 Å². The highest BCUT2D eigenvalue weighted by Crippen LogP contribution is 2.27. The second-order valence-electron chi connectivity index (χ2n) is 5.31. The summed E-state index contributed by atoms with van der Waals surface area (Å²) < 4.78 is 15.3. The molecule has 1 aromatic carbocycles. The molecule has 2 aromatic heterocycles. The van der Waals surface area contributed by atoms with E-state index in [9.17, 15) is 9.59 Å². The Kier molecular flexibility index (Phi) is 3.99. The zero-order chi connectivity index (χ0) is 17.2. The molecular weight excluding hydrogens is 312 g/mol. The number of esters is 2. The Morgan fingerprint density at radius 1 is 1.17 bits per heavy atom. The molecule has 3 rings (SSSR count). The van der Waals surface area contributed by atoms with E-state index >= 15 is 0 Å². The molecule has 0 amide bonds. The maximum atomic E-state index is 12.7. The van der Waals surface area contributed by atoms with Gasteiger partial charge >= 0.3 is 11.9 Å². The molecule has 0 aliphatic heterocycles. The van der Waals surface area contributed by atoms with Crippen molar-refractivity contribution in [1.29, 1.82) is 0 Å². The molecule has 0 fully saturated rings. The van der Waals surface area contributed by atoms with Gasteiger partial charge in [0.2, 0.25) is 5.54 Å². The van der Waals surface area contributed by atoms with Gasteiger partial charge in [-0.05, 0) is 25.1 Å². The number of para-hydroxylation sites is 1. The van der Waals surface area contributed by atoms with E-state index in [1.54, 1.807) is 18.3 Å². The van der Waals surface area contributed by atoms with Gasteiger partial charge in [0.15, 0.2) is 11.6 Å². The number of aromatic amines is 1. The summed E-state index contributed by atoms with van der Waals surface area (Å²) in [5.41, 5.74) is -0.940. The Balaban J connectivity index is 1.90. The third-order valence-electron chi connectivity index (χ3n) is 3.65. The molecule has 0 radical (unpaired) electrons. The van der Waals surface area contributed by atoms with Gasteiger partial charge in [0.25, 0.3) is 0 Å². The average Bonchev–Trinajstić information content (AvgIpc) is 3.24. The monoisotopic (exact) mass is 328 g/mol. The second kappa shape index (κ2) is 6.11. The number of ether oxygens (including phenoxy) is 2. The van der Waals surface area contributed by atoms with Gasteiger partial charge < -0.3 is 24.2 Å². The number of hydrogen-bond donors (Lipinski definition) is 2. The minimum atomic E-state index is -1.76. The molecular formula is C17H16N2O5. The predicted molar refractivity (Wildman–Crippen MR) is 86.7 cm³/mol. The highest BCUT2D eigenvalue weighted by molar-refractivity contribution is 6.08. The molecule has 0 aliphatic rings. The van der Waals surface area contributed by atoms with Gasteiger partial charge in [-0.15, -0.1) is 0 Å². The van der Waals surface area contributed by atoms with Crippen molar-refractivity contribution < 1.29 is 23.5 Å². The first-order chi connectivity index (χ1) is 11.5. The van der Waals surface area contributed by atoms with E-state index in [-0.39, 0.29) is 5.88 Å². The average molecular weight is 328 g/mol. The van der Waals surface area contributed by atoms with Crippen LogP contribution in [0.25, 0.3) is 10.9 Å². The summed E-state index contributed by atoms with van der Waals surface area (Å²) >= 11 is 0. The number of carbonyl (C=O) groups excluding carboxylic acids is 2. The van der Waals surface area contributed by atoms with Gasteiger partial charge in [0.05, 0.1) is 13.4 Å². The van der Waals surface area contributed by atoms with Gasteiger partial charge in [-0.25, -0.2) is 9.59 Å². The largest absolute Gasteiger partial charge is 0.467 e. The topological polar surface area (TPSA) is 93.6 Å². The number of methoxy groups -OCH3 is 1. The normalized spacial score (nSPS) is 13.2. The second-order valence-corrected chi connectivity index (χ2v) is 5.31. The molecule has 0 unspecified atom stereocenters. The number of aromatic nitrogens is 1. The van der Waals surface area contributed by atoms with Crippen LogP contribution in [0.15, 0.2) is 53.3 Å². The molecule has 0 aliphatic carbocycles. The molecule has 2 N–H and O–H groups in total. The quantitative estimate of drug-likeness (QED) is 0.552. The van der Waals surface area contributed by atoms with Crippen molar-refractivity contribution in [3.05, 3.63) is 48.9 Å². The number of anilines is 1. The summed E-state index contributed by atoms with van der Waals surface area (Å²) in [4.78, 5) is 27.8. The first kappa shape index (κ1) is 15.7. The molecule has 0 saturated heterocycles. The van der Waals surface area contributed by atoms with E-state index in [1.807, 2.05) is 24.3 Å². The predicted octanol–water partition coefficient (Wildman–Crippen LogP) is 2.71. The molecule has 0 bridgehead atoms. The molecule has 124 valence electrons. The molecule has 7 nitrogen and oxygen atoms in total. The standard InChI is InChI=1S/C17H16N2O5/c1-17(15(20)22-2,19-14-8-5-9-23-14)16(21)24-13-10-18-12-7-4-3-6-11(12)13/h3-10,18-19H,1-2H3/t17-/m1/s1. The van der Waals surface area contributed by atoms with Crippen molar-refractivity contribution in [3.63, 3.8) is 0 Å². The van der Waals surface area contributed by atoms with Gasteiger partial charge in [-0.1, -0.05) is 12.1 Å². The Morgan fingerprint density at radius 3 is 2.67 bits per heavy atom. The molecule has 3 aromatic rings. The number of benzene rings is 1. The van der Waals surface area contributed by atoms with Crippen molar-refractivity contribution in [3.8, 4) is 5.75 Å². The van der Waals surface area contributed by atoms with Crippen molar-refractivity contribution >= 4 is 28.7 Å². The molecule has 0 saturated carbocycles. The van der Waals surface area contributed by atoms with Gasteiger partial charge in [-0.3, -0.25) is 0 Å². The van der Waals surface area contributed by atoms with Gasteiger partial charge in [-0.2, -0.15) is 0 Å². The lowest BCUT2D eigenvalue weighted by molar-refractivity contribution is -0.155. The Hall–Kier alpha value is -3.22. The Labute approximate surface area is 137 Å². The molecule has 24 heavy (non-hydrogen) atoms. The first-order valence-corrected chi connectivity index (χ1v) is 7.23. The van der Waals surface area contributed by atoms with E-state index in [0.717, 1.165) is 10.9 Å². The summed E-state index contributed by atoms with van der Waals surface area (Å²) in [6.07, 6.45) is 2.98. The fourth-order valence-corrected chi connectivity index (χ4v) is 2.32. The highest BCUT2D eigenvalue weighted by atomic mass is 16.6. The van der Waals surface area contributed by atoms with Crippen LogP contribution in [-0.2, 0) is 14.3 Å². The van der Waals surface area contributed by atoms with Crippen LogP contribution >= 0.6 is 0 Å². The maximum absolute atomic E-state index is 12.7. The fraction of sp³-hybridized carbons (Fsp3) is 0.176. The summed E-state index contributed by atoms with van der Waals surface area (Å²) in [5, 5.41) is 3.45. The lowest BCUT2D eigenvalue weighted by Crippen LogP contribution is -2.53. The smallest absolute Gasteiger partial charge is 0.348 e. The van der Waals surface area contributed by atoms with Crippen LogP contribution < -0.4 is 10.1 Å². The van der Waals surface area contributed by atoms with Crippen LogP contribution in [0.1, 0.15) is 6.92 Å². The lowest BCUT2D eigenvalue weighted by atomic mass is 10.0. The van der Waals surface area contributed by atoms with Crippen LogP contribution in [0.5, 0.6) is 5.75 Å². The molecule has 1 atom stereocenters. The number of hydrogen-bond acceptors (Lipinski definition) is 6. The zero-order valence-electron chi connectivity index (χ0n) is 13.2. The SMILES string of the molecule is COC(=O)[C@@](C)(Nc1ccco1)C(=O)Oc1c[nH]c2ccccc12. The molecule has 7 heteroatoms. The fourth-order valence-electron chi connectivity index (χ4n) is 2.32.